The van der Waals surface area contributed by atoms with E-state index in [2.05, 4.69) is 6.92 Å². The van der Waals surface area contributed by atoms with E-state index in [1.165, 1.54) is 6.26 Å². The van der Waals surface area contributed by atoms with Crippen molar-refractivity contribution in [2.75, 3.05) is 0 Å². The van der Waals surface area contributed by atoms with Crippen molar-refractivity contribution in [1.82, 2.24) is 0 Å². The molecule has 0 aromatic heterocycles. The Morgan fingerprint density at radius 3 is 2.67 bits per heavy atom. The molecular formula is C9H16O2Se. The van der Waals surface area contributed by atoms with Gasteiger partial charge in [-0.15, -0.1) is 0 Å². The van der Waals surface area contributed by atoms with E-state index in [0.717, 1.165) is 23.7 Å². The van der Waals surface area contributed by atoms with Crippen molar-refractivity contribution in [1.29, 1.82) is 0 Å². The van der Waals surface area contributed by atoms with E-state index >= 15 is 0 Å². The van der Waals surface area contributed by atoms with Crippen LogP contribution in [0.2, 0.25) is 5.32 Å². The Bertz CT molecular complexity index is 160. The Labute approximate surface area is 80.5 Å². The van der Waals surface area contributed by atoms with E-state index in [-0.39, 0.29) is 19.8 Å². The molecule has 0 heterocycles. The van der Waals surface area contributed by atoms with Crippen molar-refractivity contribution in [3.8, 4) is 0 Å². The van der Waals surface area contributed by atoms with E-state index in [1.807, 2.05) is 13.8 Å². The van der Waals surface area contributed by atoms with E-state index in [1.54, 1.807) is 0 Å². The fraction of sp³-hybridized carbons (Fsp3) is 0.667. The van der Waals surface area contributed by atoms with Crippen molar-refractivity contribution >= 4 is 19.8 Å². The van der Waals surface area contributed by atoms with Crippen LogP contribution < -0.4 is 0 Å². The minimum atomic E-state index is -0.0582. The topological polar surface area (TPSA) is 26.3 Å². The van der Waals surface area contributed by atoms with Gasteiger partial charge in [0.1, 0.15) is 0 Å². The Balaban J connectivity index is 3.41. The predicted octanol–water partition coefficient (Wildman–Crippen LogP) is 2.97. The van der Waals surface area contributed by atoms with Crippen LogP contribution in [0.3, 0.4) is 0 Å². The van der Waals surface area contributed by atoms with Crippen molar-refractivity contribution in [3.63, 3.8) is 0 Å². The van der Waals surface area contributed by atoms with Crippen LogP contribution in [-0.4, -0.2) is 19.8 Å². The zero-order valence-electron chi connectivity index (χ0n) is 7.92. The zero-order chi connectivity index (χ0) is 9.40. The second-order valence-corrected chi connectivity index (χ2v) is 4.93. The molecule has 0 saturated heterocycles. The molecule has 0 unspecified atom stereocenters. The number of hydrogen-bond donors (Lipinski definition) is 0. The quantitative estimate of drug-likeness (QED) is 0.416. The van der Waals surface area contributed by atoms with E-state index in [4.69, 9.17) is 4.74 Å². The molecule has 0 aromatic rings. The van der Waals surface area contributed by atoms with Gasteiger partial charge in [-0.25, -0.2) is 0 Å². The summed E-state index contributed by atoms with van der Waals surface area (Å²) in [4.78, 5) is 10.9. The molecule has 0 aliphatic carbocycles. The summed E-state index contributed by atoms with van der Waals surface area (Å²) in [5.74, 6) is 0. The van der Waals surface area contributed by atoms with Gasteiger partial charge in [0, 0.05) is 0 Å². The summed E-state index contributed by atoms with van der Waals surface area (Å²) < 4.78 is 4.88. The average molecular weight is 235 g/mol. The van der Waals surface area contributed by atoms with Crippen molar-refractivity contribution < 1.29 is 9.53 Å². The van der Waals surface area contributed by atoms with Crippen LogP contribution in [-0.2, 0) is 4.74 Å². The number of allylic oxidation sites excluding steroid dienone is 1. The average Bonchev–Trinajstić information content (AvgIpc) is 2.01. The fourth-order valence-corrected chi connectivity index (χ4v) is 2.00. The van der Waals surface area contributed by atoms with Crippen molar-refractivity contribution in [2.45, 2.75) is 38.9 Å². The fourth-order valence-electron chi connectivity index (χ4n) is 0.500. The van der Waals surface area contributed by atoms with Crippen LogP contribution >= 0.6 is 0 Å². The molecule has 0 atom stereocenters. The van der Waals surface area contributed by atoms with Crippen LogP contribution in [0.5, 0.6) is 0 Å². The molecule has 0 amide bonds. The summed E-state index contributed by atoms with van der Waals surface area (Å²) in [6.45, 7) is 5.94. The summed E-state index contributed by atoms with van der Waals surface area (Å²) in [7, 11) is 0. The van der Waals surface area contributed by atoms with Gasteiger partial charge in [0.25, 0.3) is 0 Å². The predicted molar refractivity (Wildman–Crippen MR) is 51.4 cm³/mol. The van der Waals surface area contributed by atoms with Crippen molar-refractivity contribution in [2.24, 2.45) is 0 Å². The molecule has 0 fully saturated rings. The summed E-state index contributed by atoms with van der Waals surface area (Å²) in [6, 6.07) is 0. The molecule has 12 heavy (non-hydrogen) atoms. The van der Waals surface area contributed by atoms with Crippen LogP contribution in [0.15, 0.2) is 11.8 Å². The summed E-state index contributed by atoms with van der Waals surface area (Å²) in [5, 5.41) is 0.999. The number of ether oxygens (including phenoxy) is 1. The van der Waals surface area contributed by atoms with Crippen LogP contribution in [0, 0.1) is 0 Å². The molecule has 0 aromatic carbocycles. The molecule has 3 heteroatoms. The Morgan fingerprint density at radius 2 is 2.17 bits per heavy atom. The second kappa shape index (κ2) is 7.38. The molecule has 0 bridgehead atoms. The molecule has 70 valence electrons. The van der Waals surface area contributed by atoms with E-state index in [9.17, 15) is 4.79 Å². The number of rotatable bonds is 5. The third-order valence-electron chi connectivity index (χ3n) is 1.11. The van der Waals surface area contributed by atoms with Gasteiger partial charge >= 0.3 is 80.1 Å². The minimum absolute atomic E-state index is 0.0158. The van der Waals surface area contributed by atoms with Crippen LogP contribution in [0.4, 0.5) is 4.79 Å². The second-order valence-electron chi connectivity index (χ2n) is 2.77. The van der Waals surface area contributed by atoms with Crippen molar-refractivity contribution in [3.05, 3.63) is 11.8 Å². The van der Waals surface area contributed by atoms with E-state index in [0.29, 0.717) is 0 Å². The number of hydrogen-bond acceptors (Lipinski definition) is 2. The first-order valence-corrected chi connectivity index (χ1v) is 6.20. The van der Waals surface area contributed by atoms with Gasteiger partial charge in [0.05, 0.1) is 0 Å². The van der Waals surface area contributed by atoms with Gasteiger partial charge in [-0.3, -0.25) is 0 Å². The molecule has 0 aliphatic rings. The number of carbonyl (C=O) groups is 1. The Hall–Kier alpha value is -0.271. The van der Waals surface area contributed by atoms with Gasteiger partial charge in [-0.2, -0.15) is 0 Å². The molecule has 0 aliphatic heterocycles. The standard InChI is InChI=1S/C9H16O2Se/c1-4-5-6-12-9(10)11-7-8(2)3/h7H,4-6H2,1-3H3. The molecule has 0 spiro atoms. The number of carbonyl (C=O) groups excluding carboxylic acids is 1. The van der Waals surface area contributed by atoms with Gasteiger partial charge in [-0.05, 0) is 0 Å². The number of unbranched alkanes of at least 4 members (excludes halogenated alkanes) is 1. The van der Waals surface area contributed by atoms with Gasteiger partial charge in [0.2, 0.25) is 0 Å². The summed E-state index contributed by atoms with van der Waals surface area (Å²) in [6.07, 6.45) is 3.80. The van der Waals surface area contributed by atoms with Gasteiger partial charge in [0.15, 0.2) is 0 Å². The first-order valence-electron chi connectivity index (χ1n) is 4.13. The SMILES string of the molecule is CCCC[Se]C(=O)OC=C(C)C. The van der Waals surface area contributed by atoms with Crippen LogP contribution in [0.25, 0.3) is 0 Å². The summed E-state index contributed by atoms with van der Waals surface area (Å²) in [5.41, 5.74) is 1.02. The van der Waals surface area contributed by atoms with Gasteiger partial charge < -0.3 is 0 Å². The molecule has 0 radical (unpaired) electrons. The normalized spacial score (nSPS) is 9.25. The third kappa shape index (κ3) is 7.83. The molecule has 2 nitrogen and oxygen atoms in total. The third-order valence-corrected chi connectivity index (χ3v) is 2.84. The zero-order valence-corrected chi connectivity index (χ0v) is 9.64. The molecule has 0 rings (SSSR count). The molecule has 0 N–H and O–H groups in total. The first-order chi connectivity index (χ1) is 5.66. The monoisotopic (exact) mass is 236 g/mol. The Morgan fingerprint density at radius 1 is 1.50 bits per heavy atom. The van der Waals surface area contributed by atoms with Crippen LogP contribution in [0.1, 0.15) is 33.6 Å². The maximum atomic E-state index is 11.0. The van der Waals surface area contributed by atoms with Gasteiger partial charge in [-0.1, -0.05) is 0 Å². The Kier molecular flexibility index (Phi) is 7.22. The molecular weight excluding hydrogens is 219 g/mol. The maximum absolute atomic E-state index is 11.0. The van der Waals surface area contributed by atoms with E-state index < -0.39 is 0 Å². The molecule has 0 saturated carbocycles. The first kappa shape index (κ1) is 11.7. The summed E-state index contributed by atoms with van der Waals surface area (Å²) >= 11 is 0.0158.